The van der Waals surface area contributed by atoms with Crippen LogP contribution in [0.1, 0.15) is 41.9 Å². The van der Waals surface area contributed by atoms with E-state index in [1.165, 1.54) is 11.8 Å². The van der Waals surface area contributed by atoms with Gasteiger partial charge in [0.05, 0.1) is 5.75 Å². The van der Waals surface area contributed by atoms with Crippen LogP contribution in [0.4, 0.5) is 0 Å². The standard InChI is InChI=1S/C16H19N5O2S/c1-2-21-14(11-8-9-11)18-20-16(21)24-10-13(22)17-19-15(23)12-6-4-3-5-7-12/h3-7,11H,2,8-10H2,1H3,(H,17,22)(H,19,23). The lowest BCUT2D eigenvalue weighted by atomic mass is 10.2. The number of nitrogens with zero attached hydrogens (tertiary/aromatic N) is 3. The highest BCUT2D eigenvalue weighted by Crippen LogP contribution is 2.39. The van der Waals surface area contributed by atoms with Crippen molar-refractivity contribution in [3.05, 3.63) is 41.7 Å². The second-order valence-electron chi connectivity index (χ2n) is 5.52. The second kappa shape index (κ2) is 7.48. The van der Waals surface area contributed by atoms with Crippen LogP contribution in [0.3, 0.4) is 0 Å². The van der Waals surface area contributed by atoms with Crippen LogP contribution >= 0.6 is 11.8 Å². The predicted molar refractivity (Wildman–Crippen MR) is 90.4 cm³/mol. The molecular weight excluding hydrogens is 326 g/mol. The van der Waals surface area contributed by atoms with Gasteiger partial charge in [-0.25, -0.2) is 0 Å². The summed E-state index contributed by atoms with van der Waals surface area (Å²) in [6, 6.07) is 8.72. The predicted octanol–water partition coefficient (Wildman–Crippen LogP) is 1.73. The summed E-state index contributed by atoms with van der Waals surface area (Å²) < 4.78 is 2.05. The van der Waals surface area contributed by atoms with Gasteiger partial charge in [-0.05, 0) is 31.9 Å². The number of hydrogen-bond donors (Lipinski definition) is 2. The molecule has 1 aliphatic rings. The molecule has 1 aromatic carbocycles. The van der Waals surface area contributed by atoms with Crippen molar-refractivity contribution in [1.82, 2.24) is 25.6 Å². The van der Waals surface area contributed by atoms with Gasteiger partial charge in [0.15, 0.2) is 5.16 Å². The molecule has 1 fully saturated rings. The molecule has 1 heterocycles. The summed E-state index contributed by atoms with van der Waals surface area (Å²) in [7, 11) is 0. The molecule has 7 nitrogen and oxygen atoms in total. The number of hydrogen-bond acceptors (Lipinski definition) is 5. The summed E-state index contributed by atoms with van der Waals surface area (Å²) in [5, 5.41) is 9.14. The van der Waals surface area contributed by atoms with Gasteiger partial charge in [0.2, 0.25) is 5.91 Å². The summed E-state index contributed by atoms with van der Waals surface area (Å²) in [5.41, 5.74) is 5.31. The fourth-order valence-corrected chi connectivity index (χ4v) is 3.11. The number of nitrogens with one attached hydrogen (secondary N) is 2. The molecule has 2 N–H and O–H groups in total. The Morgan fingerprint density at radius 1 is 1.21 bits per heavy atom. The van der Waals surface area contributed by atoms with Gasteiger partial charge >= 0.3 is 0 Å². The molecule has 8 heteroatoms. The van der Waals surface area contributed by atoms with E-state index in [0.29, 0.717) is 11.5 Å². The smallest absolute Gasteiger partial charge is 0.269 e. The minimum absolute atomic E-state index is 0.165. The maximum Gasteiger partial charge on any atom is 0.269 e. The average molecular weight is 345 g/mol. The highest BCUT2D eigenvalue weighted by Gasteiger charge is 2.30. The lowest BCUT2D eigenvalue weighted by molar-refractivity contribution is -0.119. The molecule has 0 radical (unpaired) electrons. The Labute approximate surface area is 144 Å². The Balaban J connectivity index is 1.48. The molecule has 0 unspecified atom stereocenters. The van der Waals surface area contributed by atoms with Crippen LogP contribution in [-0.4, -0.2) is 32.3 Å². The van der Waals surface area contributed by atoms with Gasteiger partial charge in [0, 0.05) is 18.0 Å². The van der Waals surface area contributed by atoms with Crippen LogP contribution in [0.25, 0.3) is 0 Å². The maximum atomic E-state index is 11.9. The maximum absolute atomic E-state index is 11.9. The third-order valence-corrected chi connectivity index (χ3v) is 4.65. The Morgan fingerprint density at radius 2 is 1.96 bits per heavy atom. The number of benzene rings is 1. The molecule has 1 aromatic heterocycles. The number of hydrazine groups is 1. The van der Waals surface area contributed by atoms with Gasteiger partial charge in [-0.1, -0.05) is 30.0 Å². The van der Waals surface area contributed by atoms with Crippen LogP contribution in [0.5, 0.6) is 0 Å². The first kappa shape index (κ1) is 16.5. The summed E-state index contributed by atoms with van der Waals surface area (Å²) in [6.07, 6.45) is 2.32. The number of thioether (sulfide) groups is 1. The fraction of sp³-hybridized carbons (Fsp3) is 0.375. The number of carbonyl (C=O) groups excluding carboxylic acids is 2. The summed E-state index contributed by atoms with van der Waals surface area (Å²) in [4.78, 5) is 23.8. The SMILES string of the molecule is CCn1c(SCC(=O)NNC(=O)c2ccccc2)nnc1C1CC1. The molecule has 0 aliphatic heterocycles. The van der Waals surface area contributed by atoms with E-state index in [1.807, 2.05) is 13.0 Å². The topological polar surface area (TPSA) is 88.9 Å². The monoisotopic (exact) mass is 345 g/mol. The Morgan fingerprint density at radius 3 is 2.62 bits per heavy atom. The van der Waals surface area contributed by atoms with E-state index in [2.05, 4.69) is 25.6 Å². The van der Waals surface area contributed by atoms with E-state index in [0.717, 1.165) is 30.4 Å². The first-order valence-electron chi connectivity index (χ1n) is 7.89. The number of rotatable bonds is 6. The Hall–Kier alpha value is -2.35. The zero-order chi connectivity index (χ0) is 16.9. The summed E-state index contributed by atoms with van der Waals surface area (Å²) in [6.45, 7) is 2.83. The average Bonchev–Trinajstić information content (AvgIpc) is 3.38. The first-order chi connectivity index (χ1) is 11.7. The van der Waals surface area contributed by atoms with Crippen LogP contribution in [0.15, 0.2) is 35.5 Å². The quantitative estimate of drug-likeness (QED) is 0.615. The fourth-order valence-electron chi connectivity index (χ4n) is 2.30. The van der Waals surface area contributed by atoms with Crippen molar-refractivity contribution in [1.29, 1.82) is 0 Å². The van der Waals surface area contributed by atoms with Crippen molar-refractivity contribution in [3.8, 4) is 0 Å². The van der Waals surface area contributed by atoms with Crippen LogP contribution < -0.4 is 10.9 Å². The van der Waals surface area contributed by atoms with E-state index in [4.69, 9.17) is 0 Å². The van der Waals surface area contributed by atoms with Gasteiger partial charge in [-0.2, -0.15) is 0 Å². The minimum Gasteiger partial charge on any atom is -0.306 e. The minimum atomic E-state index is -0.346. The van der Waals surface area contributed by atoms with Crippen molar-refractivity contribution >= 4 is 23.6 Å². The van der Waals surface area contributed by atoms with Gasteiger partial charge in [-0.3, -0.25) is 20.4 Å². The normalized spacial score (nSPS) is 13.5. The molecule has 0 saturated heterocycles. The van der Waals surface area contributed by atoms with Crippen LogP contribution in [0.2, 0.25) is 0 Å². The van der Waals surface area contributed by atoms with E-state index in [9.17, 15) is 9.59 Å². The largest absolute Gasteiger partial charge is 0.306 e. The second-order valence-corrected chi connectivity index (χ2v) is 6.46. The molecule has 126 valence electrons. The van der Waals surface area contributed by atoms with Crippen molar-refractivity contribution in [2.75, 3.05) is 5.75 Å². The van der Waals surface area contributed by atoms with Crippen LogP contribution in [0, 0.1) is 0 Å². The number of amides is 2. The highest BCUT2D eigenvalue weighted by molar-refractivity contribution is 7.99. The van der Waals surface area contributed by atoms with Gasteiger partial charge in [0.25, 0.3) is 5.91 Å². The van der Waals surface area contributed by atoms with Crippen molar-refractivity contribution in [2.24, 2.45) is 0 Å². The van der Waals surface area contributed by atoms with Gasteiger partial charge in [-0.15, -0.1) is 10.2 Å². The molecule has 1 saturated carbocycles. The molecule has 0 bridgehead atoms. The lowest BCUT2D eigenvalue weighted by Crippen LogP contribution is -2.42. The van der Waals surface area contributed by atoms with Crippen molar-refractivity contribution in [2.45, 2.75) is 37.4 Å². The number of carbonyl (C=O) groups is 2. The Kier molecular flexibility index (Phi) is 5.14. The zero-order valence-electron chi connectivity index (χ0n) is 13.4. The molecule has 0 atom stereocenters. The third kappa shape index (κ3) is 3.94. The molecule has 2 aromatic rings. The van der Waals surface area contributed by atoms with Crippen molar-refractivity contribution < 1.29 is 9.59 Å². The molecule has 2 amide bonds. The summed E-state index contributed by atoms with van der Waals surface area (Å²) in [5.74, 6) is 1.06. The highest BCUT2D eigenvalue weighted by atomic mass is 32.2. The van der Waals surface area contributed by atoms with Gasteiger partial charge < -0.3 is 4.57 Å². The number of aromatic nitrogens is 3. The molecule has 3 rings (SSSR count). The van der Waals surface area contributed by atoms with E-state index < -0.39 is 0 Å². The molecule has 0 spiro atoms. The lowest BCUT2D eigenvalue weighted by Gasteiger charge is -2.08. The summed E-state index contributed by atoms with van der Waals surface area (Å²) >= 11 is 1.32. The van der Waals surface area contributed by atoms with E-state index in [-0.39, 0.29) is 17.6 Å². The first-order valence-corrected chi connectivity index (χ1v) is 8.87. The van der Waals surface area contributed by atoms with Crippen molar-refractivity contribution in [3.63, 3.8) is 0 Å². The zero-order valence-corrected chi connectivity index (χ0v) is 14.2. The molecular formula is C16H19N5O2S. The third-order valence-electron chi connectivity index (χ3n) is 3.69. The van der Waals surface area contributed by atoms with E-state index >= 15 is 0 Å². The van der Waals surface area contributed by atoms with Crippen LogP contribution in [-0.2, 0) is 11.3 Å². The Bertz CT molecular complexity index is 727. The van der Waals surface area contributed by atoms with E-state index in [1.54, 1.807) is 24.3 Å². The van der Waals surface area contributed by atoms with Gasteiger partial charge in [0.1, 0.15) is 5.82 Å². The molecule has 1 aliphatic carbocycles. The molecule has 24 heavy (non-hydrogen) atoms.